The van der Waals surface area contributed by atoms with Gasteiger partial charge in [0.15, 0.2) is 0 Å². The molecule has 1 aromatic rings. The SMILES string of the molecule is CC1C(=O)C1C.Cc1ccc(N)c(Cl)c1.[Cl-]. The zero-order chi connectivity index (χ0) is 11.6. The number of Topliss-reactive ketones (excluding diaryl/α,β-unsaturated/α-hetero) is 1. The first kappa shape index (κ1) is 15.3. The smallest absolute Gasteiger partial charge is 0.139 e. The Morgan fingerprint density at radius 2 is 1.69 bits per heavy atom. The van der Waals surface area contributed by atoms with Crippen molar-refractivity contribution in [3.63, 3.8) is 0 Å². The predicted molar refractivity (Wildman–Crippen MR) is 63.9 cm³/mol. The van der Waals surface area contributed by atoms with Gasteiger partial charge in [0.1, 0.15) is 5.78 Å². The van der Waals surface area contributed by atoms with Crippen molar-refractivity contribution in [3.8, 4) is 0 Å². The van der Waals surface area contributed by atoms with E-state index in [0.717, 1.165) is 5.56 Å². The van der Waals surface area contributed by atoms with E-state index in [0.29, 0.717) is 28.3 Å². The molecule has 1 aliphatic carbocycles. The van der Waals surface area contributed by atoms with Crippen molar-refractivity contribution in [2.24, 2.45) is 11.8 Å². The number of anilines is 1. The van der Waals surface area contributed by atoms with Crippen LogP contribution in [0, 0.1) is 18.8 Å². The highest BCUT2D eigenvalue weighted by atomic mass is 35.5. The average molecular weight is 261 g/mol. The quantitative estimate of drug-likeness (QED) is 0.672. The number of carbonyl (C=O) groups excluding carboxylic acids is 1. The molecule has 1 fully saturated rings. The second-order valence-corrected chi connectivity index (χ2v) is 4.41. The molecule has 0 heterocycles. The number of aryl methyl sites for hydroxylation is 1. The number of halogens is 2. The molecule has 0 bridgehead atoms. The zero-order valence-electron chi connectivity index (χ0n) is 9.63. The number of carbonyl (C=O) groups is 1. The lowest BCUT2D eigenvalue weighted by molar-refractivity contribution is -0.111. The fourth-order valence-electron chi connectivity index (χ4n) is 1.16. The van der Waals surface area contributed by atoms with Crippen molar-refractivity contribution in [1.29, 1.82) is 0 Å². The third-order valence-corrected chi connectivity index (χ3v) is 3.02. The molecule has 1 aromatic carbocycles. The summed E-state index contributed by atoms with van der Waals surface area (Å²) in [5.74, 6) is 1.19. The monoisotopic (exact) mass is 260 g/mol. The number of nitrogen functional groups attached to an aromatic ring is 1. The molecule has 0 radical (unpaired) electrons. The van der Waals surface area contributed by atoms with E-state index in [1.807, 2.05) is 32.9 Å². The summed E-state index contributed by atoms with van der Waals surface area (Å²) in [6.07, 6.45) is 0. The second kappa shape index (κ2) is 6.12. The lowest BCUT2D eigenvalue weighted by Crippen LogP contribution is -3.00. The number of nitrogens with two attached hydrogens (primary N) is 1. The lowest BCUT2D eigenvalue weighted by Gasteiger charge is -1.96. The standard InChI is InChI=1S/C7H8ClN.C5H8O.ClH/c1-5-2-3-7(9)6(8)4-5;1-3-4(2)5(3)6;/h2-4H,9H2,1H3;3-4H,1-2H3;1H/p-1. The Kier molecular flexibility index (Phi) is 5.84. The summed E-state index contributed by atoms with van der Waals surface area (Å²) in [5, 5.41) is 0.634. The van der Waals surface area contributed by atoms with Crippen molar-refractivity contribution in [3.05, 3.63) is 28.8 Å². The Labute approximate surface area is 108 Å². The van der Waals surface area contributed by atoms with Crippen LogP contribution in [-0.2, 0) is 4.79 Å². The summed E-state index contributed by atoms with van der Waals surface area (Å²) < 4.78 is 0. The third kappa shape index (κ3) is 4.03. The normalized spacial score (nSPS) is 21.6. The van der Waals surface area contributed by atoms with Crippen LogP contribution >= 0.6 is 11.6 Å². The maximum Gasteiger partial charge on any atom is 0.139 e. The van der Waals surface area contributed by atoms with Crippen molar-refractivity contribution >= 4 is 23.1 Å². The van der Waals surface area contributed by atoms with E-state index in [1.54, 1.807) is 6.07 Å². The van der Waals surface area contributed by atoms with Crippen molar-refractivity contribution in [1.82, 2.24) is 0 Å². The van der Waals surface area contributed by atoms with E-state index in [2.05, 4.69) is 0 Å². The Balaban J connectivity index is 0.000000283. The molecule has 2 N–H and O–H groups in total. The Hall–Kier alpha value is -0.730. The van der Waals surface area contributed by atoms with Gasteiger partial charge in [0.25, 0.3) is 0 Å². The van der Waals surface area contributed by atoms with Gasteiger partial charge in [-0.05, 0) is 24.6 Å². The predicted octanol–water partition coefficient (Wildman–Crippen LogP) is 0.0759. The summed E-state index contributed by atoms with van der Waals surface area (Å²) in [6.45, 7) is 5.91. The van der Waals surface area contributed by atoms with E-state index in [4.69, 9.17) is 17.3 Å². The Bertz CT molecular complexity index is 369. The van der Waals surface area contributed by atoms with Gasteiger partial charge < -0.3 is 18.1 Å². The minimum Gasteiger partial charge on any atom is -1.00 e. The number of hydrogen-bond donors (Lipinski definition) is 1. The molecule has 0 spiro atoms. The van der Waals surface area contributed by atoms with Gasteiger partial charge in [-0.1, -0.05) is 31.5 Å². The zero-order valence-corrected chi connectivity index (χ0v) is 11.1. The number of hydrogen-bond acceptors (Lipinski definition) is 2. The minimum absolute atomic E-state index is 0. The topological polar surface area (TPSA) is 43.1 Å². The molecule has 4 heteroatoms. The van der Waals surface area contributed by atoms with Crippen LogP contribution in [0.1, 0.15) is 19.4 Å². The number of benzene rings is 1. The molecule has 0 aliphatic heterocycles. The van der Waals surface area contributed by atoms with Crippen LogP contribution in [0.4, 0.5) is 5.69 Å². The van der Waals surface area contributed by atoms with Crippen LogP contribution in [0.15, 0.2) is 18.2 Å². The minimum atomic E-state index is 0. The Morgan fingerprint density at radius 3 is 1.94 bits per heavy atom. The average Bonchev–Trinajstić information content (AvgIpc) is 2.70. The largest absolute Gasteiger partial charge is 1.00 e. The van der Waals surface area contributed by atoms with E-state index >= 15 is 0 Å². The van der Waals surface area contributed by atoms with Crippen LogP contribution in [0.5, 0.6) is 0 Å². The van der Waals surface area contributed by atoms with Crippen molar-refractivity contribution in [2.45, 2.75) is 20.8 Å². The highest BCUT2D eigenvalue weighted by molar-refractivity contribution is 6.33. The van der Waals surface area contributed by atoms with E-state index in [-0.39, 0.29) is 12.4 Å². The first-order valence-corrected chi connectivity index (χ1v) is 5.36. The molecule has 2 unspecified atom stereocenters. The van der Waals surface area contributed by atoms with Gasteiger partial charge in [-0.2, -0.15) is 0 Å². The highest BCUT2D eigenvalue weighted by Crippen LogP contribution is 2.31. The van der Waals surface area contributed by atoms with Gasteiger partial charge in [-0.3, -0.25) is 4.79 Å². The molecule has 2 nitrogen and oxygen atoms in total. The molecule has 1 aliphatic rings. The van der Waals surface area contributed by atoms with Gasteiger partial charge in [0.2, 0.25) is 0 Å². The summed E-state index contributed by atoms with van der Waals surface area (Å²) >= 11 is 5.69. The van der Waals surface area contributed by atoms with Crippen LogP contribution in [0.3, 0.4) is 0 Å². The van der Waals surface area contributed by atoms with E-state index < -0.39 is 0 Å². The molecule has 0 saturated heterocycles. The molecule has 90 valence electrons. The fraction of sp³-hybridized carbons (Fsp3) is 0.417. The molecule has 0 amide bonds. The maximum atomic E-state index is 10.2. The van der Waals surface area contributed by atoms with E-state index in [1.165, 1.54) is 0 Å². The molecule has 0 aromatic heterocycles. The van der Waals surface area contributed by atoms with Gasteiger partial charge in [-0.25, -0.2) is 0 Å². The first-order valence-electron chi connectivity index (χ1n) is 4.99. The number of rotatable bonds is 0. The van der Waals surface area contributed by atoms with Crippen LogP contribution in [0.25, 0.3) is 0 Å². The first-order chi connectivity index (χ1) is 6.93. The molecule has 1 saturated carbocycles. The van der Waals surface area contributed by atoms with E-state index in [9.17, 15) is 4.79 Å². The lowest BCUT2D eigenvalue weighted by atomic mass is 10.2. The summed E-state index contributed by atoms with van der Waals surface area (Å²) in [4.78, 5) is 10.2. The van der Waals surface area contributed by atoms with Crippen molar-refractivity contribution in [2.75, 3.05) is 5.73 Å². The van der Waals surface area contributed by atoms with Crippen LogP contribution < -0.4 is 18.1 Å². The van der Waals surface area contributed by atoms with Gasteiger partial charge >= 0.3 is 0 Å². The summed E-state index contributed by atoms with van der Waals surface area (Å²) in [6, 6.07) is 5.58. The molecule has 2 rings (SSSR count). The maximum absolute atomic E-state index is 10.2. The fourth-order valence-corrected chi connectivity index (χ4v) is 1.40. The van der Waals surface area contributed by atoms with Crippen molar-refractivity contribution < 1.29 is 17.2 Å². The summed E-state index contributed by atoms with van der Waals surface area (Å²) in [7, 11) is 0. The molecular formula is C12H16Cl2NO-. The Morgan fingerprint density at radius 1 is 1.25 bits per heavy atom. The van der Waals surface area contributed by atoms with Crippen LogP contribution in [-0.4, -0.2) is 5.78 Å². The second-order valence-electron chi connectivity index (χ2n) is 4.00. The van der Waals surface area contributed by atoms with Gasteiger partial charge in [0, 0.05) is 11.8 Å². The third-order valence-electron chi connectivity index (χ3n) is 2.69. The number of ketones is 1. The molecule has 16 heavy (non-hydrogen) atoms. The van der Waals surface area contributed by atoms with Crippen LogP contribution in [0.2, 0.25) is 5.02 Å². The molecular weight excluding hydrogens is 245 g/mol. The van der Waals surface area contributed by atoms with Gasteiger partial charge in [-0.15, -0.1) is 0 Å². The highest BCUT2D eigenvalue weighted by Gasteiger charge is 2.40. The molecule has 2 atom stereocenters. The summed E-state index contributed by atoms with van der Waals surface area (Å²) in [5.41, 5.74) is 7.23. The van der Waals surface area contributed by atoms with Gasteiger partial charge in [0.05, 0.1) is 10.7 Å².